The quantitative estimate of drug-likeness (QED) is 0.765. The molecule has 2 aliphatic rings. The number of aliphatic hydroxyl groups excluding tert-OH is 1. The van der Waals surface area contributed by atoms with Crippen LogP contribution in [0.5, 0.6) is 0 Å². The van der Waals surface area contributed by atoms with Crippen LogP contribution in [0.1, 0.15) is 37.7 Å². The number of hydrogen-bond donors (Lipinski definition) is 2. The summed E-state index contributed by atoms with van der Waals surface area (Å²) < 4.78 is 0. The molecule has 1 heterocycles. The van der Waals surface area contributed by atoms with Gasteiger partial charge in [0.2, 0.25) is 0 Å². The van der Waals surface area contributed by atoms with Crippen LogP contribution in [0.15, 0.2) is 24.3 Å². The SMILES string of the molecule is O=C(NC[C@@H]1CCN(C2CCCC2)C1)N(CCO)Cc1ccccc1Cl. The van der Waals surface area contributed by atoms with E-state index in [9.17, 15) is 9.90 Å². The molecule has 1 saturated carbocycles. The molecule has 26 heavy (non-hydrogen) atoms. The van der Waals surface area contributed by atoms with Crippen LogP contribution >= 0.6 is 11.6 Å². The predicted molar refractivity (Wildman–Crippen MR) is 104 cm³/mol. The molecule has 0 spiro atoms. The molecule has 1 aromatic rings. The Hall–Kier alpha value is -1.30. The number of hydrogen-bond acceptors (Lipinski definition) is 3. The molecule has 1 aliphatic heterocycles. The van der Waals surface area contributed by atoms with Crippen LogP contribution in [-0.4, -0.2) is 59.8 Å². The van der Waals surface area contributed by atoms with E-state index < -0.39 is 0 Å². The highest BCUT2D eigenvalue weighted by Crippen LogP contribution is 2.28. The van der Waals surface area contributed by atoms with Gasteiger partial charge in [0.05, 0.1) is 6.61 Å². The first-order chi connectivity index (χ1) is 12.7. The second-order valence-corrected chi connectivity index (χ2v) is 7.92. The second kappa shape index (κ2) is 9.58. The third kappa shape index (κ3) is 5.12. The summed E-state index contributed by atoms with van der Waals surface area (Å²) in [5.74, 6) is 0.524. The Bertz CT molecular complexity index is 592. The van der Waals surface area contributed by atoms with Gasteiger partial charge in [-0.15, -0.1) is 0 Å². The van der Waals surface area contributed by atoms with E-state index in [1.165, 1.54) is 25.7 Å². The van der Waals surface area contributed by atoms with Crippen molar-refractivity contribution in [2.24, 2.45) is 5.92 Å². The predicted octanol–water partition coefficient (Wildman–Crippen LogP) is 3.11. The molecular weight excluding hydrogens is 350 g/mol. The van der Waals surface area contributed by atoms with Gasteiger partial charge in [-0.25, -0.2) is 4.79 Å². The van der Waals surface area contributed by atoms with E-state index >= 15 is 0 Å². The van der Waals surface area contributed by atoms with Crippen LogP contribution in [0.25, 0.3) is 0 Å². The Morgan fingerprint density at radius 3 is 2.77 bits per heavy atom. The van der Waals surface area contributed by atoms with Crippen LogP contribution in [0.4, 0.5) is 4.79 Å². The molecule has 0 bridgehead atoms. The number of carbonyl (C=O) groups is 1. The monoisotopic (exact) mass is 379 g/mol. The fourth-order valence-electron chi connectivity index (χ4n) is 4.18. The average molecular weight is 380 g/mol. The van der Waals surface area contributed by atoms with Crippen molar-refractivity contribution in [3.8, 4) is 0 Å². The highest BCUT2D eigenvalue weighted by Gasteiger charge is 2.30. The number of aliphatic hydroxyl groups is 1. The maximum atomic E-state index is 12.6. The van der Waals surface area contributed by atoms with Gasteiger partial charge in [-0.2, -0.15) is 0 Å². The van der Waals surface area contributed by atoms with Gasteiger partial charge in [0.1, 0.15) is 0 Å². The van der Waals surface area contributed by atoms with Gasteiger partial charge in [-0.3, -0.25) is 0 Å². The minimum Gasteiger partial charge on any atom is -0.395 e. The number of nitrogens with one attached hydrogen (secondary N) is 1. The summed E-state index contributed by atoms with van der Waals surface area (Å²) in [5, 5.41) is 13.0. The number of likely N-dealkylation sites (tertiary alicyclic amines) is 1. The molecule has 2 amide bonds. The molecule has 0 unspecified atom stereocenters. The summed E-state index contributed by atoms with van der Waals surface area (Å²) in [7, 11) is 0. The number of halogens is 1. The maximum Gasteiger partial charge on any atom is 0.317 e. The van der Waals surface area contributed by atoms with Crippen molar-refractivity contribution in [1.82, 2.24) is 15.1 Å². The van der Waals surface area contributed by atoms with Gasteiger partial charge in [-0.1, -0.05) is 42.6 Å². The lowest BCUT2D eigenvalue weighted by Gasteiger charge is -2.25. The van der Waals surface area contributed by atoms with E-state index in [4.69, 9.17) is 11.6 Å². The number of amides is 2. The molecule has 0 aromatic heterocycles. The van der Waals surface area contributed by atoms with Crippen molar-refractivity contribution in [3.05, 3.63) is 34.9 Å². The number of benzene rings is 1. The van der Waals surface area contributed by atoms with Crippen LogP contribution in [-0.2, 0) is 6.54 Å². The number of urea groups is 1. The van der Waals surface area contributed by atoms with Gasteiger partial charge < -0.3 is 20.2 Å². The van der Waals surface area contributed by atoms with Crippen LogP contribution in [0, 0.1) is 5.92 Å². The van der Waals surface area contributed by atoms with E-state index in [0.29, 0.717) is 30.6 Å². The van der Waals surface area contributed by atoms with Crippen LogP contribution < -0.4 is 5.32 Å². The maximum absolute atomic E-state index is 12.6. The van der Waals surface area contributed by atoms with E-state index in [0.717, 1.165) is 31.1 Å². The molecule has 2 N–H and O–H groups in total. The Morgan fingerprint density at radius 1 is 1.27 bits per heavy atom. The van der Waals surface area contributed by atoms with Crippen molar-refractivity contribution in [1.29, 1.82) is 0 Å². The number of carbonyl (C=O) groups excluding carboxylic acids is 1. The Kier molecular flexibility index (Phi) is 7.17. The standard InChI is InChI=1S/C20H30ClN3O2/c21-19-8-4-1-5-17(19)15-24(11-12-25)20(26)22-13-16-9-10-23(14-16)18-6-2-3-7-18/h1,4-5,8,16,18,25H,2-3,6-7,9-15H2,(H,22,26)/t16-/m0/s1. The highest BCUT2D eigenvalue weighted by atomic mass is 35.5. The lowest BCUT2D eigenvalue weighted by Crippen LogP contribution is -2.43. The topological polar surface area (TPSA) is 55.8 Å². The molecule has 144 valence electrons. The number of rotatable bonds is 7. The first-order valence-electron chi connectivity index (χ1n) is 9.78. The second-order valence-electron chi connectivity index (χ2n) is 7.51. The van der Waals surface area contributed by atoms with Gasteiger partial charge in [0.25, 0.3) is 0 Å². The minimum atomic E-state index is -0.127. The van der Waals surface area contributed by atoms with Gasteiger partial charge in [0.15, 0.2) is 0 Å². The summed E-state index contributed by atoms with van der Waals surface area (Å²) in [6.07, 6.45) is 6.55. The first-order valence-corrected chi connectivity index (χ1v) is 10.2. The third-order valence-electron chi connectivity index (χ3n) is 5.68. The smallest absolute Gasteiger partial charge is 0.317 e. The Morgan fingerprint density at radius 2 is 2.04 bits per heavy atom. The fourth-order valence-corrected chi connectivity index (χ4v) is 4.37. The van der Waals surface area contributed by atoms with Crippen LogP contribution in [0.2, 0.25) is 5.02 Å². The Labute approximate surface area is 161 Å². The van der Waals surface area contributed by atoms with Crippen molar-refractivity contribution < 1.29 is 9.90 Å². The molecule has 6 heteroatoms. The zero-order chi connectivity index (χ0) is 18.4. The summed E-state index contributed by atoms with van der Waals surface area (Å²) in [6, 6.07) is 8.16. The molecule has 5 nitrogen and oxygen atoms in total. The third-order valence-corrected chi connectivity index (χ3v) is 6.05. The normalized spacial score (nSPS) is 21.2. The van der Waals surface area contributed by atoms with Gasteiger partial charge >= 0.3 is 6.03 Å². The van der Waals surface area contributed by atoms with Crippen molar-refractivity contribution in [2.45, 2.75) is 44.7 Å². The van der Waals surface area contributed by atoms with E-state index in [1.54, 1.807) is 4.90 Å². The molecule has 0 radical (unpaired) electrons. The lowest BCUT2D eigenvalue weighted by atomic mass is 10.1. The summed E-state index contributed by atoms with van der Waals surface area (Å²) in [4.78, 5) is 16.8. The molecule has 3 rings (SSSR count). The molecule has 2 fully saturated rings. The number of nitrogens with zero attached hydrogens (tertiary/aromatic N) is 2. The molecule has 1 aromatic carbocycles. The van der Waals surface area contributed by atoms with Crippen molar-refractivity contribution in [2.75, 3.05) is 32.8 Å². The van der Waals surface area contributed by atoms with Gasteiger partial charge in [0, 0.05) is 37.2 Å². The summed E-state index contributed by atoms with van der Waals surface area (Å²) >= 11 is 6.21. The minimum absolute atomic E-state index is 0.0588. The van der Waals surface area contributed by atoms with E-state index in [2.05, 4.69) is 10.2 Å². The average Bonchev–Trinajstić information content (AvgIpc) is 3.32. The highest BCUT2D eigenvalue weighted by molar-refractivity contribution is 6.31. The molecule has 1 atom stereocenters. The zero-order valence-electron chi connectivity index (χ0n) is 15.4. The lowest BCUT2D eigenvalue weighted by molar-refractivity contribution is 0.172. The summed E-state index contributed by atoms with van der Waals surface area (Å²) in [6.45, 7) is 3.60. The van der Waals surface area contributed by atoms with Crippen LogP contribution in [0.3, 0.4) is 0 Å². The molecule has 1 saturated heterocycles. The van der Waals surface area contributed by atoms with Crippen molar-refractivity contribution in [3.63, 3.8) is 0 Å². The van der Waals surface area contributed by atoms with Gasteiger partial charge in [-0.05, 0) is 43.4 Å². The molecule has 1 aliphatic carbocycles. The largest absolute Gasteiger partial charge is 0.395 e. The first kappa shape index (κ1) is 19.5. The summed E-state index contributed by atoms with van der Waals surface area (Å²) in [5.41, 5.74) is 0.894. The Balaban J connectivity index is 1.48. The van der Waals surface area contributed by atoms with E-state index in [1.807, 2.05) is 24.3 Å². The molecular formula is C20H30ClN3O2. The zero-order valence-corrected chi connectivity index (χ0v) is 16.1. The fraction of sp³-hybridized carbons (Fsp3) is 0.650. The van der Waals surface area contributed by atoms with E-state index in [-0.39, 0.29) is 12.6 Å². The van der Waals surface area contributed by atoms with Crippen molar-refractivity contribution >= 4 is 17.6 Å².